The summed E-state index contributed by atoms with van der Waals surface area (Å²) in [5.41, 5.74) is -2.18. The standard InChI is InChI=1S/C23H20F6N8/c1-12(2)11-37(3)18-8-14(23(27,28)29)19(36-35-18)16-10-32-20-15(6-7-30-21(20)34-16)33-17-5-4-13(9-31-17)22(24,25)26/h4-10,12H,11H2,1-3H3,(H,30,31,33,34). The first-order valence-electron chi connectivity index (χ1n) is 10.9. The normalized spacial score (nSPS) is 12.3. The van der Waals surface area contributed by atoms with Gasteiger partial charge in [0.15, 0.2) is 11.5 Å². The SMILES string of the molecule is CC(C)CN(C)c1cc(C(F)(F)F)c(-c2cnc3c(Nc4ccc(C(F)(F)F)cn4)ccnc3n2)nn1. The zero-order valence-electron chi connectivity index (χ0n) is 19.7. The van der Waals surface area contributed by atoms with Crippen LogP contribution in [0, 0.1) is 5.92 Å². The first kappa shape index (κ1) is 26.0. The van der Waals surface area contributed by atoms with Gasteiger partial charge in [0.2, 0.25) is 0 Å². The first-order chi connectivity index (χ1) is 17.3. The molecule has 4 rings (SSSR count). The highest BCUT2D eigenvalue weighted by Gasteiger charge is 2.36. The maximum atomic E-state index is 13.9. The lowest BCUT2D eigenvalue weighted by Gasteiger charge is -2.21. The van der Waals surface area contributed by atoms with Crippen molar-refractivity contribution in [3.8, 4) is 11.4 Å². The summed E-state index contributed by atoms with van der Waals surface area (Å²) < 4.78 is 80.1. The molecule has 194 valence electrons. The van der Waals surface area contributed by atoms with Gasteiger partial charge in [0, 0.05) is 26.0 Å². The van der Waals surface area contributed by atoms with Gasteiger partial charge < -0.3 is 10.2 Å². The van der Waals surface area contributed by atoms with E-state index in [1.165, 1.54) is 12.3 Å². The minimum Gasteiger partial charge on any atom is -0.358 e. The van der Waals surface area contributed by atoms with Gasteiger partial charge in [0.1, 0.15) is 22.7 Å². The van der Waals surface area contributed by atoms with Gasteiger partial charge >= 0.3 is 12.4 Å². The van der Waals surface area contributed by atoms with Crippen molar-refractivity contribution in [3.05, 3.63) is 54.0 Å². The minimum atomic E-state index is -4.74. The van der Waals surface area contributed by atoms with Crippen LogP contribution in [0.3, 0.4) is 0 Å². The summed E-state index contributed by atoms with van der Waals surface area (Å²) in [6.45, 7) is 4.34. The Balaban J connectivity index is 1.70. The third kappa shape index (κ3) is 5.84. The van der Waals surface area contributed by atoms with Gasteiger partial charge in [-0.3, -0.25) is 0 Å². The van der Waals surface area contributed by atoms with Gasteiger partial charge in [-0.15, -0.1) is 10.2 Å². The van der Waals surface area contributed by atoms with Crippen LogP contribution in [0.25, 0.3) is 22.6 Å². The molecule has 0 aliphatic heterocycles. The van der Waals surface area contributed by atoms with E-state index in [0.717, 1.165) is 24.4 Å². The molecule has 0 aromatic carbocycles. The van der Waals surface area contributed by atoms with Crippen LogP contribution in [0.15, 0.2) is 42.9 Å². The quantitative estimate of drug-likeness (QED) is 0.320. The van der Waals surface area contributed by atoms with E-state index < -0.39 is 29.2 Å². The van der Waals surface area contributed by atoms with E-state index in [2.05, 4.69) is 35.5 Å². The lowest BCUT2D eigenvalue weighted by atomic mass is 10.1. The monoisotopic (exact) mass is 522 g/mol. The highest BCUT2D eigenvalue weighted by molar-refractivity contribution is 5.87. The van der Waals surface area contributed by atoms with Crippen LogP contribution in [-0.4, -0.2) is 43.7 Å². The van der Waals surface area contributed by atoms with Crippen molar-refractivity contribution >= 4 is 28.5 Å². The Morgan fingerprint density at radius 1 is 0.919 bits per heavy atom. The molecular weight excluding hydrogens is 502 g/mol. The number of alkyl halides is 6. The van der Waals surface area contributed by atoms with Crippen molar-refractivity contribution in [2.45, 2.75) is 26.2 Å². The maximum Gasteiger partial charge on any atom is 0.418 e. The predicted octanol–water partition coefficient (Wildman–Crippen LogP) is 5.75. The smallest absolute Gasteiger partial charge is 0.358 e. The molecule has 14 heteroatoms. The van der Waals surface area contributed by atoms with E-state index in [0.29, 0.717) is 18.4 Å². The molecule has 4 heterocycles. The summed E-state index contributed by atoms with van der Waals surface area (Å²) >= 11 is 0. The number of hydrogen-bond donors (Lipinski definition) is 1. The second-order valence-electron chi connectivity index (χ2n) is 8.58. The summed E-state index contributed by atoms with van der Waals surface area (Å²) in [6.07, 6.45) is -6.16. The second-order valence-corrected chi connectivity index (χ2v) is 8.58. The van der Waals surface area contributed by atoms with Crippen molar-refractivity contribution in [3.63, 3.8) is 0 Å². The molecule has 0 aliphatic rings. The van der Waals surface area contributed by atoms with Crippen molar-refractivity contribution in [2.75, 3.05) is 23.8 Å². The van der Waals surface area contributed by atoms with E-state index in [1.54, 1.807) is 11.9 Å². The topological polar surface area (TPSA) is 92.6 Å². The molecule has 0 amide bonds. The number of nitrogens with one attached hydrogen (secondary N) is 1. The van der Waals surface area contributed by atoms with Crippen molar-refractivity contribution < 1.29 is 26.3 Å². The van der Waals surface area contributed by atoms with E-state index in [4.69, 9.17) is 0 Å². The average Bonchev–Trinajstić information content (AvgIpc) is 2.82. The molecule has 8 nitrogen and oxygen atoms in total. The largest absolute Gasteiger partial charge is 0.418 e. The van der Waals surface area contributed by atoms with Crippen molar-refractivity contribution in [1.29, 1.82) is 0 Å². The summed E-state index contributed by atoms with van der Waals surface area (Å²) in [5, 5.41) is 10.6. The van der Waals surface area contributed by atoms with Crippen LogP contribution in [-0.2, 0) is 12.4 Å². The van der Waals surface area contributed by atoms with Gasteiger partial charge in [0.05, 0.1) is 23.0 Å². The molecule has 37 heavy (non-hydrogen) atoms. The summed E-state index contributed by atoms with van der Waals surface area (Å²) in [7, 11) is 1.63. The zero-order valence-corrected chi connectivity index (χ0v) is 19.7. The van der Waals surface area contributed by atoms with Gasteiger partial charge in [-0.2, -0.15) is 26.3 Å². The molecule has 0 radical (unpaired) electrons. The molecule has 4 aromatic rings. The molecule has 0 fully saturated rings. The second kappa shape index (κ2) is 9.75. The number of anilines is 3. The highest BCUT2D eigenvalue weighted by atomic mass is 19.4. The van der Waals surface area contributed by atoms with Crippen LogP contribution in [0.4, 0.5) is 43.7 Å². The fraction of sp³-hybridized carbons (Fsp3) is 0.304. The van der Waals surface area contributed by atoms with Crippen molar-refractivity contribution in [1.82, 2.24) is 30.1 Å². The van der Waals surface area contributed by atoms with Crippen LogP contribution >= 0.6 is 0 Å². The number of fused-ring (bicyclic) bond motifs is 1. The zero-order chi connectivity index (χ0) is 27.0. The Bertz CT molecular complexity index is 1400. The third-order valence-corrected chi connectivity index (χ3v) is 5.16. The lowest BCUT2D eigenvalue weighted by molar-refractivity contribution is -0.138. The van der Waals surface area contributed by atoms with Crippen LogP contribution in [0.2, 0.25) is 0 Å². The Morgan fingerprint density at radius 2 is 1.68 bits per heavy atom. The number of halogens is 6. The van der Waals surface area contributed by atoms with Gasteiger partial charge in [-0.25, -0.2) is 19.9 Å². The van der Waals surface area contributed by atoms with E-state index in [9.17, 15) is 26.3 Å². The summed E-state index contributed by atoms with van der Waals surface area (Å²) in [4.78, 5) is 17.8. The van der Waals surface area contributed by atoms with Crippen LogP contribution < -0.4 is 10.2 Å². The molecule has 0 unspecified atom stereocenters. The Labute approximate surface area is 206 Å². The molecule has 4 aromatic heterocycles. The maximum absolute atomic E-state index is 13.9. The molecule has 0 saturated heterocycles. The molecular formula is C23H20F6N8. The first-order valence-corrected chi connectivity index (χ1v) is 10.9. The fourth-order valence-corrected chi connectivity index (χ4v) is 3.52. The molecule has 0 atom stereocenters. The predicted molar refractivity (Wildman–Crippen MR) is 124 cm³/mol. The Kier molecular flexibility index (Phi) is 6.84. The van der Waals surface area contributed by atoms with E-state index in [1.807, 2.05) is 13.8 Å². The lowest BCUT2D eigenvalue weighted by Crippen LogP contribution is -2.25. The Hall–Kier alpha value is -4.10. The molecule has 0 spiro atoms. The summed E-state index contributed by atoms with van der Waals surface area (Å²) in [5.74, 6) is 0.351. The van der Waals surface area contributed by atoms with Gasteiger partial charge in [0.25, 0.3) is 0 Å². The number of nitrogens with zero attached hydrogens (tertiary/aromatic N) is 7. The molecule has 1 N–H and O–H groups in total. The van der Waals surface area contributed by atoms with Gasteiger partial charge in [-0.1, -0.05) is 13.8 Å². The van der Waals surface area contributed by atoms with Gasteiger partial charge in [-0.05, 0) is 30.2 Å². The highest BCUT2D eigenvalue weighted by Crippen LogP contribution is 2.37. The van der Waals surface area contributed by atoms with Crippen LogP contribution in [0.1, 0.15) is 25.0 Å². The molecule has 0 saturated carbocycles. The fourth-order valence-electron chi connectivity index (χ4n) is 3.52. The van der Waals surface area contributed by atoms with E-state index in [-0.39, 0.29) is 34.4 Å². The van der Waals surface area contributed by atoms with Crippen LogP contribution in [0.5, 0.6) is 0 Å². The molecule has 0 aliphatic carbocycles. The number of pyridine rings is 2. The Morgan fingerprint density at radius 3 is 2.30 bits per heavy atom. The third-order valence-electron chi connectivity index (χ3n) is 5.16. The average molecular weight is 522 g/mol. The summed E-state index contributed by atoms with van der Waals surface area (Å²) in [6, 6.07) is 4.40. The number of rotatable bonds is 6. The van der Waals surface area contributed by atoms with Crippen molar-refractivity contribution in [2.24, 2.45) is 5.92 Å². The molecule has 0 bridgehead atoms. The number of aromatic nitrogens is 6. The van der Waals surface area contributed by atoms with E-state index >= 15 is 0 Å². The number of hydrogen-bond acceptors (Lipinski definition) is 8. The minimum absolute atomic E-state index is 0.00895.